The number of anilines is 1. The highest BCUT2D eigenvalue weighted by Gasteiger charge is 2.33. The smallest absolute Gasteiger partial charge is 0.417 e. The summed E-state index contributed by atoms with van der Waals surface area (Å²) in [4.78, 5) is 12.0. The molecule has 1 amide bonds. The van der Waals surface area contributed by atoms with Gasteiger partial charge in [-0.1, -0.05) is 23.2 Å². The van der Waals surface area contributed by atoms with Crippen LogP contribution in [0, 0.1) is 13.8 Å². The summed E-state index contributed by atoms with van der Waals surface area (Å²) in [6.45, 7) is 3.99. The maximum Gasteiger partial charge on any atom is 0.417 e. The highest BCUT2D eigenvalue weighted by Crippen LogP contribution is 2.37. The van der Waals surface area contributed by atoms with Gasteiger partial charge in [0.05, 0.1) is 21.7 Å². The second-order valence-corrected chi connectivity index (χ2v) is 7.72. The van der Waals surface area contributed by atoms with E-state index in [1.165, 1.54) is 6.07 Å². The van der Waals surface area contributed by atoms with Gasteiger partial charge in [-0.3, -0.25) is 4.79 Å². The van der Waals surface area contributed by atoms with Crippen molar-refractivity contribution in [1.82, 2.24) is 0 Å². The highest BCUT2D eigenvalue weighted by atomic mass is 79.9. The number of hydrogen-bond acceptors (Lipinski definition) is 2. The SMILES string of the molecule is Cc1cc(OCCCC(=O)Nc2ccc(Cl)c(C(F)(F)F)c2)c(Br)c(C)c1Cl. The van der Waals surface area contributed by atoms with Crippen molar-refractivity contribution in [2.24, 2.45) is 0 Å². The summed E-state index contributed by atoms with van der Waals surface area (Å²) in [6, 6.07) is 5.03. The Kier molecular flexibility index (Phi) is 7.65. The van der Waals surface area contributed by atoms with Crippen LogP contribution in [-0.4, -0.2) is 12.5 Å². The third kappa shape index (κ3) is 5.78. The van der Waals surface area contributed by atoms with Crippen LogP contribution in [-0.2, 0) is 11.0 Å². The Hall–Kier alpha value is -1.44. The fourth-order valence-electron chi connectivity index (χ4n) is 2.46. The molecule has 2 aromatic carbocycles. The molecule has 0 bridgehead atoms. The lowest BCUT2D eigenvalue weighted by Gasteiger charge is -2.13. The molecule has 0 saturated carbocycles. The predicted molar refractivity (Wildman–Crippen MR) is 108 cm³/mol. The minimum Gasteiger partial charge on any atom is -0.492 e. The van der Waals surface area contributed by atoms with Crippen molar-refractivity contribution in [2.75, 3.05) is 11.9 Å². The number of alkyl halides is 3. The molecular weight excluding hydrogens is 482 g/mol. The fraction of sp³-hybridized carbons (Fsp3) is 0.316. The van der Waals surface area contributed by atoms with E-state index in [0.29, 0.717) is 17.2 Å². The monoisotopic (exact) mass is 497 g/mol. The molecule has 0 unspecified atom stereocenters. The molecule has 28 heavy (non-hydrogen) atoms. The van der Waals surface area contributed by atoms with E-state index >= 15 is 0 Å². The molecule has 152 valence electrons. The number of amides is 1. The van der Waals surface area contributed by atoms with Crippen LogP contribution in [0.3, 0.4) is 0 Å². The van der Waals surface area contributed by atoms with Gasteiger partial charge in [0, 0.05) is 17.1 Å². The number of carbonyl (C=O) groups excluding carboxylic acids is 1. The van der Waals surface area contributed by atoms with Gasteiger partial charge in [0.25, 0.3) is 0 Å². The second kappa shape index (κ2) is 9.37. The van der Waals surface area contributed by atoms with Gasteiger partial charge < -0.3 is 10.1 Å². The molecule has 0 fully saturated rings. The molecule has 0 aromatic heterocycles. The number of ether oxygens (including phenoxy) is 1. The van der Waals surface area contributed by atoms with Crippen LogP contribution in [0.5, 0.6) is 5.75 Å². The lowest BCUT2D eigenvalue weighted by Crippen LogP contribution is -2.14. The predicted octanol–water partition coefficient (Wildman–Crippen LogP) is 7.19. The van der Waals surface area contributed by atoms with E-state index in [2.05, 4.69) is 21.2 Å². The number of halogens is 6. The molecule has 1 N–H and O–H groups in total. The van der Waals surface area contributed by atoms with Gasteiger partial charge >= 0.3 is 6.18 Å². The first-order valence-corrected chi connectivity index (χ1v) is 9.80. The van der Waals surface area contributed by atoms with Crippen LogP contribution < -0.4 is 10.1 Å². The second-order valence-electron chi connectivity index (χ2n) is 6.14. The summed E-state index contributed by atoms with van der Waals surface area (Å²) in [5, 5.41) is 2.67. The largest absolute Gasteiger partial charge is 0.492 e. The van der Waals surface area contributed by atoms with Gasteiger partial charge in [-0.2, -0.15) is 13.2 Å². The average molecular weight is 499 g/mol. The molecule has 3 nitrogen and oxygen atoms in total. The molecule has 9 heteroatoms. The Bertz CT molecular complexity index is 888. The van der Waals surface area contributed by atoms with E-state index < -0.39 is 22.7 Å². The number of rotatable bonds is 6. The Morgan fingerprint density at radius 3 is 2.54 bits per heavy atom. The molecule has 0 radical (unpaired) electrons. The molecule has 0 atom stereocenters. The molecule has 2 aromatic rings. The zero-order valence-electron chi connectivity index (χ0n) is 15.0. The summed E-state index contributed by atoms with van der Waals surface area (Å²) in [5.41, 5.74) is 0.777. The lowest BCUT2D eigenvalue weighted by molar-refractivity contribution is -0.137. The van der Waals surface area contributed by atoms with Crippen LogP contribution >= 0.6 is 39.1 Å². The number of benzene rings is 2. The molecule has 0 saturated heterocycles. The molecular formula is C19H17BrCl2F3NO2. The summed E-state index contributed by atoms with van der Waals surface area (Å²) in [5.74, 6) is 0.203. The van der Waals surface area contributed by atoms with E-state index in [1.54, 1.807) is 6.07 Å². The summed E-state index contributed by atoms with van der Waals surface area (Å²) in [6.07, 6.45) is -4.11. The zero-order valence-corrected chi connectivity index (χ0v) is 18.1. The van der Waals surface area contributed by atoms with Crippen LogP contribution in [0.1, 0.15) is 29.5 Å². The minimum atomic E-state index is -4.59. The van der Waals surface area contributed by atoms with Gasteiger partial charge in [0.2, 0.25) is 5.91 Å². The van der Waals surface area contributed by atoms with Crippen molar-refractivity contribution in [3.8, 4) is 5.75 Å². The molecule has 0 heterocycles. The number of hydrogen-bond donors (Lipinski definition) is 1. The molecule has 0 spiro atoms. The van der Waals surface area contributed by atoms with E-state index in [1.807, 2.05) is 13.8 Å². The third-order valence-electron chi connectivity index (χ3n) is 3.93. The van der Waals surface area contributed by atoms with Crippen LogP contribution in [0.2, 0.25) is 10.0 Å². The van der Waals surface area contributed by atoms with E-state index in [0.717, 1.165) is 27.7 Å². The molecule has 0 aliphatic carbocycles. The first-order valence-electron chi connectivity index (χ1n) is 8.25. The molecule has 2 rings (SSSR count). The van der Waals surface area contributed by atoms with Gasteiger partial charge in [-0.25, -0.2) is 0 Å². The fourth-order valence-corrected chi connectivity index (χ4v) is 3.38. The summed E-state index contributed by atoms with van der Waals surface area (Å²) < 4.78 is 45.0. The third-order valence-corrected chi connectivity index (χ3v) is 5.83. The van der Waals surface area contributed by atoms with Crippen LogP contribution in [0.4, 0.5) is 18.9 Å². The quantitative estimate of drug-likeness (QED) is 0.428. The number of aryl methyl sites for hydroxylation is 1. The standard InChI is InChI=1S/C19H17BrCl2F3NO2/c1-10-8-15(17(20)11(2)18(10)22)28-7-3-4-16(27)26-12-5-6-14(21)13(9-12)19(23,24)25/h5-6,8-9H,3-4,7H2,1-2H3,(H,26,27). The summed E-state index contributed by atoms with van der Waals surface area (Å²) in [7, 11) is 0. The Labute approximate surface area is 179 Å². The minimum absolute atomic E-state index is 0.0364. The van der Waals surface area contributed by atoms with Crippen LogP contribution in [0.25, 0.3) is 0 Å². The maximum atomic E-state index is 12.9. The van der Waals surface area contributed by atoms with Crippen molar-refractivity contribution >= 4 is 50.7 Å². The summed E-state index contributed by atoms with van der Waals surface area (Å²) >= 11 is 15.2. The topological polar surface area (TPSA) is 38.3 Å². The van der Waals surface area contributed by atoms with Gasteiger partial charge in [0.15, 0.2) is 0 Å². The van der Waals surface area contributed by atoms with Crippen molar-refractivity contribution in [3.63, 3.8) is 0 Å². The maximum absolute atomic E-state index is 12.9. The Morgan fingerprint density at radius 1 is 1.21 bits per heavy atom. The van der Waals surface area contributed by atoms with E-state index in [4.69, 9.17) is 27.9 Å². The van der Waals surface area contributed by atoms with Crippen molar-refractivity contribution in [3.05, 3.63) is 55.5 Å². The molecule has 0 aliphatic rings. The zero-order chi connectivity index (χ0) is 21.1. The van der Waals surface area contributed by atoms with Crippen molar-refractivity contribution in [2.45, 2.75) is 32.9 Å². The number of carbonyl (C=O) groups is 1. The molecule has 0 aliphatic heterocycles. The first kappa shape index (κ1) is 22.8. The van der Waals surface area contributed by atoms with E-state index in [-0.39, 0.29) is 18.7 Å². The Morgan fingerprint density at radius 2 is 1.89 bits per heavy atom. The normalized spacial score (nSPS) is 11.4. The van der Waals surface area contributed by atoms with Gasteiger partial charge in [-0.15, -0.1) is 0 Å². The van der Waals surface area contributed by atoms with E-state index in [9.17, 15) is 18.0 Å². The van der Waals surface area contributed by atoms with Crippen molar-refractivity contribution < 1.29 is 22.7 Å². The van der Waals surface area contributed by atoms with Gasteiger partial charge in [0.1, 0.15) is 5.75 Å². The average Bonchev–Trinajstić information content (AvgIpc) is 2.61. The number of nitrogens with one attached hydrogen (secondary N) is 1. The highest BCUT2D eigenvalue weighted by molar-refractivity contribution is 9.10. The van der Waals surface area contributed by atoms with Crippen LogP contribution in [0.15, 0.2) is 28.7 Å². The van der Waals surface area contributed by atoms with Crippen molar-refractivity contribution in [1.29, 1.82) is 0 Å². The van der Waals surface area contributed by atoms with Gasteiger partial charge in [-0.05, 0) is 71.6 Å². The first-order chi connectivity index (χ1) is 13.0. The lowest BCUT2D eigenvalue weighted by atomic mass is 10.1. The Balaban J connectivity index is 1.89.